The molecule has 3 rings (SSSR count). The Hall–Kier alpha value is -3.97. The molecule has 146 valence electrons. The average molecular weight is 408 g/mol. The third-order valence-corrected chi connectivity index (χ3v) is 5.64. The number of nitrogen functional groups attached to an aromatic ring is 1. The molecule has 0 aliphatic heterocycles. The maximum Gasteiger partial charge on any atom is 0.276 e. The van der Waals surface area contributed by atoms with Crippen molar-refractivity contribution in [2.24, 2.45) is 0 Å². The van der Waals surface area contributed by atoms with E-state index in [1.807, 2.05) is 0 Å². The Bertz CT molecular complexity index is 1190. The molecule has 0 fully saturated rings. The monoisotopic (exact) mass is 408 g/mol. The Morgan fingerprint density at radius 3 is 2.41 bits per heavy atom. The molecular weight excluding hydrogens is 392 g/mol. The smallest absolute Gasteiger partial charge is 0.276 e. The lowest BCUT2D eigenvalue weighted by molar-refractivity contribution is 0.102. The van der Waals surface area contributed by atoms with Crippen LogP contribution in [0.3, 0.4) is 0 Å². The van der Waals surface area contributed by atoms with E-state index in [1.165, 1.54) is 36.7 Å². The van der Waals surface area contributed by atoms with E-state index in [4.69, 9.17) is 5.73 Å². The van der Waals surface area contributed by atoms with Crippen LogP contribution in [-0.4, -0.2) is 24.3 Å². The highest BCUT2D eigenvalue weighted by atomic mass is 32.2. The fourth-order valence-corrected chi connectivity index (χ4v) is 3.74. The second kappa shape index (κ2) is 7.95. The second-order valence-electron chi connectivity index (χ2n) is 5.97. The molecule has 0 atom stereocenters. The molecule has 29 heavy (non-hydrogen) atoms. The molecule has 0 saturated heterocycles. The number of nitrogens with two attached hydrogens (primary N) is 1. The molecule has 0 saturated carbocycles. The van der Waals surface area contributed by atoms with E-state index in [2.05, 4.69) is 15.3 Å². The Morgan fingerprint density at radius 1 is 1.14 bits per heavy atom. The first-order valence-corrected chi connectivity index (χ1v) is 9.76. The summed E-state index contributed by atoms with van der Waals surface area (Å²) in [7, 11) is -4.12. The van der Waals surface area contributed by atoms with Gasteiger partial charge in [-0.05, 0) is 36.8 Å². The van der Waals surface area contributed by atoms with Gasteiger partial charge in [-0.15, -0.1) is 0 Å². The zero-order valence-corrected chi connectivity index (χ0v) is 16.1. The van der Waals surface area contributed by atoms with E-state index in [0.717, 1.165) is 0 Å². The topological polar surface area (TPSA) is 142 Å². The Morgan fingerprint density at radius 2 is 1.79 bits per heavy atom. The molecule has 1 heterocycles. The number of sulfonamides is 1. The van der Waals surface area contributed by atoms with Crippen molar-refractivity contribution in [1.29, 1.82) is 5.26 Å². The van der Waals surface area contributed by atoms with Crippen LogP contribution in [0.2, 0.25) is 0 Å². The fraction of sp³-hybridized carbons (Fsp3) is 0.0526. The number of hydrogen-bond donors (Lipinski definition) is 2. The molecule has 3 aromatic rings. The van der Waals surface area contributed by atoms with Crippen LogP contribution >= 0.6 is 0 Å². The molecule has 0 spiro atoms. The SMILES string of the molecule is Cc1ccc(N(C#N)S(=O)(=O)c2ccccc2)cc1C(=O)Nc1cnc(N)nc1. The summed E-state index contributed by atoms with van der Waals surface area (Å²) >= 11 is 0. The summed E-state index contributed by atoms with van der Waals surface area (Å²) in [4.78, 5) is 20.2. The van der Waals surface area contributed by atoms with Crippen molar-refractivity contribution in [3.8, 4) is 6.19 Å². The maximum absolute atomic E-state index is 12.8. The summed E-state index contributed by atoms with van der Waals surface area (Å²) in [6, 6.07) is 11.9. The fourth-order valence-electron chi connectivity index (χ4n) is 2.53. The molecule has 10 heteroatoms. The van der Waals surface area contributed by atoms with Gasteiger partial charge in [0, 0.05) is 5.56 Å². The Kier molecular flexibility index (Phi) is 5.43. The number of hydrogen-bond acceptors (Lipinski definition) is 7. The van der Waals surface area contributed by atoms with Crippen LogP contribution in [0, 0.1) is 18.4 Å². The van der Waals surface area contributed by atoms with Crippen molar-refractivity contribution in [2.75, 3.05) is 15.4 Å². The van der Waals surface area contributed by atoms with Gasteiger partial charge >= 0.3 is 0 Å². The number of rotatable bonds is 5. The number of amides is 1. The number of nitriles is 1. The van der Waals surface area contributed by atoms with Crippen molar-refractivity contribution >= 4 is 33.3 Å². The molecular formula is C19H16N6O3S. The quantitative estimate of drug-likeness (QED) is 0.487. The number of carbonyl (C=O) groups is 1. The van der Waals surface area contributed by atoms with Gasteiger partial charge in [0.15, 0.2) is 6.19 Å². The summed E-state index contributed by atoms with van der Waals surface area (Å²) in [6.07, 6.45) is 4.37. The number of nitrogens with one attached hydrogen (secondary N) is 1. The van der Waals surface area contributed by atoms with Crippen LogP contribution < -0.4 is 15.4 Å². The van der Waals surface area contributed by atoms with Crippen LogP contribution in [0.5, 0.6) is 0 Å². The van der Waals surface area contributed by atoms with Gasteiger partial charge in [0.2, 0.25) is 5.95 Å². The third kappa shape index (κ3) is 4.15. The van der Waals surface area contributed by atoms with Gasteiger partial charge in [0.05, 0.1) is 28.7 Å². The number of aromatic nitrogens is 2. The molecule has 1 aromatic heterocycles. The minimum absolute atomic E-state index is 0.0350. The van der Waals surface area contributed by atoms with Crippen molar-refractivity contribution < 1.29 is 13.2 Å². The van der Waals surface area contributed by atoms with Crippen LogP contribution in [0.25, 0.3) is 0 Å². The number of carbonyl (C=O) groups excluding carboxylic acids is 1. The number of aryl methyl sites for hydroxylation is 1. The van der Waals surface area contributed by atoms with E-state index in [0.29, 0.717) is 15.6 Å². The molecule has 0 aliphatic rings. The van der Waals surface area contributed by atoms with Crippen molar-refractivity contribution in [2.45, 2.75) is 11.8 Å². The summed E-state index contributed by atoms with van der Waals surface area (Å²) in [6.45, 7) is 1.70. The van der Waals surface area contributed by atoms with Crippen molar-refractivity contribution in [1.82, 2.24) is 9.97 Å². The van der Waals surface area contributed by atoms with Gasteiger partial charge in [-0.1, -0.05) is 24.3 Å². The molecule has 3 N–H and O–H groups in total. The minimum atomic E-state index is -4.12. The molecule has 9 nitrogen and oxygen atoms in total. The van der Waals surface area contributed by atoms with Gasteiger partial charge in [-0.2, -0.15) is 18.0 Å². The lowest BCUT2D eigenvalue weighted by Crippen LogP contribution is -2.26. The van der Waals surface area contributed by atoms with Gasteiger partial charge in [0.25, 0.3) is 15.9 Å². The highest BCUT2D eigenvalue weighted by molar-refractivity contribution is 7.93. The first-order chi connectivity index (χ1) is 13.8. The predicted octanol–water partition coefficient (Wildman–Crippen LogP) is 2.30. The summed E-state index contributed by atoms with van der Waals surface area (Å²) in [5.74, 6) is -0.440. The molecule has 0 aliphatic carbocycles. The van der Waals surface area contributed by atoms with Crippen molar-refractivity contribution in [3.05, 3.63) is 72.1 Å². The molecule has 2 aromatic carbocycles. The third-order valence-electron chi connectivity index (χ3n) is 4.00. The second-order valence-corrected chi connectivity index (χ2v) is 7.75. The summed E-state index contributed by atoms with van der Waals surface area (Å²) < 4.78 is 26.2. The normalized spacial score (nSPS) is 10.8. The average Bonchev–Trinajstić information content (AvgIpc) is 2.72. The van der Waals surface area contributed by atoms with Crippen LogP contribution in [0.1, 0.15) is 15.9 Å². The number of benzene rings is 2. The standard InChI is InChI=1S/C19H16N6O3S/c1-13-7-8-15(25(12-20)29(27,28)16-5-3-2-4-6-16)9-17(13)18(26)24-14-10-22-19(21)23-11-14/h2-11H,1H3,(H,24,26)(H2,21,22,23). The minimum Gasteiger partial charge on any atom is -0.368 e. The van der Waals surface area contributed by atoms with Crippen LogP contribution in [-0.2, 0) is 10.0 Å². The molecule has 0 unspecified atom stereocenters. The maximum atomic E-state index is 12.8. The molecule has 1 amide bonds. The first kappa shape index (κ1) is 19.8. The van der Waals surface area contributed by atoms with Gasteiger partial charge < -0.3 is 11.1 Å². The number of nitrogens with zero attached hydrogens (tertiary/aromatic N) is 4. The molecule has 0 bridgehead atoms. The first-order valence-electron chi connectivity index (χ1n) is 8.32. The highest BCUT2D eigenvalue weighted by Crippen LogP contribution is 2.26. The van der Waals surface area contributed by atoms with E-state index in [9.17, 15) is 18.5 Å². The van der Waals surface area contributed by atoms with Crippen LogP contribution in [0.4, 0.5) is 17.3 Å². The predicted molar refractivity (Wildman–Crippen MR) is 107 cm³/mol. The Balaban J connectivity index is 1.96. The zero-order valence-electron chi connectivity index (χ0n) is 15.3. The van der Waals surface area contributed by atoms with Crippen LogP contribution in [0.15, 0.2) is 65.8 Å². The number of anilines is 3. The van der Waals surface area contributed by atoms with E-state index in [-0.39, 0.29) is 22.1 Å². The lowest BCUT2D eigenvalue weighted by Gasteiger charge is -2.17. The van der Waals surface area contributed by atoms with Gasteiger partial charge in [-0.3, -0.25) is 4.79 Å². The molecule has 0 radical (unpaired) electrons. The van der Waals surface area contributed by atoms with E-state index in [1.54, 1.807) is 37.4 Å². The van der Waals surface area contributed by atoms with E-state index < -0.39 is 15.9 Å². The summed E-state index contributed by atoms with van der Waals surface area (Å²) in [5.41, 5.74) is 6.58. The van der Waals surface area contributed by atoms with Gasteiger partial charge in [-0.25, -0.2) is 9.97 Å². The highest BCUT2D eigenvalue weighted by Gasteiger charge is 2.26. The van der Waals surface area contributed by atoms with Gasteiger partial charge in [0.1, 0.15) is 0 Å². The summed E-state index contributed by atoms with van der Waals surface area (Å²) in [5, 5.41) is 12.1. The zero-order chi connectivity index (χ0) is 21.0. The van der Waals surface area contributed by atoms with E-state index >= 15 is 0 Å². The largest absolute Gasteiger partial charge is 0.368 e. The Labute approximate surface area is 167 Å². The lowest BCUT2D eigenvalue weighted by atomic mass is 10.1. The van der Waals surface area contributed by atoms with Crippen molar-refractivity contribution in [3.63, 3.8) is 0 Å².